The van der Waals surface area contributed by atoms with Crippen molar-refractivity contribution >= 4 is 29.3 Å². The van der Waals surface area contributed by atoms with Crippen LogP contribution in [0.3, 0.4) is 0 Å². The van der Waals surface area contributed by atoms with Gasteiger partial charge in [0.15, 0.2) is 11.1 Å². The van der Waals surface area contributed by atoms with E-state index in [2.05, 4.69) is 10.3 Å². The van der Waals surface area contributed by atoms with Crippen LogP contribution in [-0.4, -0.2) is 12.2 Å². The van der Waals surface area contributed by atoms with Gasteiger partial charge >= 0.3 is 11.9 Å². The highest BCUT2D eigenvalue weighted by atomic mass is 16.4. The number of nitrogens with one attached hydrogen (secondary N) is 2. The molecule has 0 atom stereocenters. The number of anilines is 1. The summed E-state index contributed by atoms with van der Waals surface area (Å²) in [5.41, 5.74) is 1.81. The van der Waals surface area contributed by atoms with Crippen molar-refractivity contribution in [1.29, 1.82) is 0 Å². The average Bonchev–Trinajstić information content (AvgIpc) is 2.57. The summed E-state index contributed by atoms with van der Waals surface area (Å²) >= 11 is 0. The fraction of sp³-hybridized carbons (Fsp3) is 0.100. The van der Waals surface area contributed by atoms with Gasteiger partial charge in [-0.1, -0.05) is 0 Å². The first-order chi connectivity index (χ1) is 7.19. The van der Waals surface area contributed by atoms with Crippen molar-refractivity contribution in [2.75, 3.05) is 5.32 Å². The first-order valence-corrected chi connectivity index (χ1v) is 4.37. The normalized spacial score (nSPS) is 10.2. The third kappa shape index (κ3) is 1.85. The van der Waals surface area contributed by atoms with E-state index < -0.39 is 0 Å². The molecule has 0 saturated heterocycles. The second kappa shape index (κ2) is 3.53. The van der Waals surface area contributed by atoms with Crippen LogP contribution in [0.2, 0.25) is 0 Å². The van der Waals surface area contributed by atoms with Crippen LogP contribution >= 0.6 is 0 Å². The van der Waals surface area contributed by atoms with Gasteiger partial charge in [0.05, 0.1) is 0 Å². The van der Waals surface area contributed by atoms with Gasteiger partial charge in [-0.25, -0.2) is 9.78 Å². The fourth-order valence-electron chi connectivity index (χ4n) is 1.28. The maximum atomic E-state index is 10.8. The summed E-state index contributed by atoms with van der Waals surface area (Å²) in [7, 11) is 0. The number of carbonyl (C=O) groups is 2. The van der Waals surface area contributed by atoms with E-state index >= 15 is 0 Å². The molecule has 2 N–H and O–H groups in total. The van der Waals surface area contributed by atoms with E-state index in [4.69, 9.17) is 4.42 Å². The van der Waals surface area contributed by atoms with Crippen LogP contribution in [0.5, 0.6) is 0 Å². The van der Waals surface area contributed by atoms with Gasteiger partial charge in [0.25, 0.3) is 0 Å². The molecule has 1 heterocycles. The van der Waals surface area contributed by atoms with Crippen molar-refractivity contribution in [3.05, 3.63) is 23.8 Å². The van der Waals surface area contributed by atoms with Crippen LogP contribution in [0.4, 0.5) is 6.01 Å². The van der Waals surface area contributed by atoms with Gasteiger partial charge in [-0.15, -0.1) is 0 Å². The topological polar surface area (TPSA) is 73.5 Å². The minimum atomic E-state index is -0.221. The molecule has 0 saturated carbocycles. The molecule has 0 spiro atoms. The van der Waals surface area contributed by atoms with Gasteiger partial charge in [0.2, 0.25) is 0 Å². The van der Waals surface area contributed by atoms with Crippen molar-refractivity contribution < 1.29 is 19.0 Å². The average molecular weight is 205 g/mol. The molecule has 5 nitrogen and oxygen atoms in total. The highest BCUT2D eigenvalue weighted by Crippen LogP contribution is 2.15. The van der Waals surface area contributed by atoms with Crippen LogP contribution in [0.25, 0.3) is 11.1 Å². The van der Waals surface area contributed by atoms with Crippen molar-refractivity contribution in [2.45, 2.75) is 6.92 Å². The summed E-state index contributed by atoms with van der Waals surface area (Å²) in [6.07, 6.45) is 0.748. The smallest absolute Gasteiger partial charge is 0.387 e. The van der Waals surface area contributed by atoms with Gasteiger partial charge in [0.1, 0.15) is 6.29 Å². The van der Waals surface area contributed by atoms with Gasteiger partial charge in [-0.3, -0.25) is 4.79 Å². The quantitative estimate of drug-likeness (QED) is 0.744. The molecule has 0 bridgehead atoms. The number of aromatic nitrogens is 1. The third-order valence-corrected chi connectivity index (χ3v) is 1.89. The largest absolute Gasteiger partial charge is 0.460 e. The number of aromatic amines is 1. The molecule has 0 aliphatic heterocycles. The Hall–Kier alpha value is -2.17. The molecule has 0 fully saturated rings. The number of carbonyl (C=O) groups excluding carboxylic acids is 2. The van der Waals surface area contributed by atoms with E-state index in [1.165, 1.54) is 6.92 Å². The van der Waals surface area contributed by atoms with Gasteiger partial charge in [0, 0.05) is 12.5 Å². The SMILES string of the molecule is CC(=O)Nc1[nH+]c2cc(C=O)ccc2o1. The van der Waals surface area contributed by atoms with Crippen LogP contribution < -0.4 is 10.3 Å². The molecule has 0 unspecified atom stereocenters. The van der Waals surface area contributed by atoms with E-state index in [0.29, 0.717) is 16.7 Å². The lowest BCUT2D eigenvalue weighted by molar-refractivity contribution is -0.334. The second-order valence-corrected chi connectivity index (χ2v) is 3.11. The lowest BCUT2D eigenvalue weighted by Crippen LogP contribution is -2.13. The summed E-state index contributed by atoms with van der Waals surface area (Å²) in [6.45, 7) is 1.39. The Morgan fingerprint density at radius 3 is 3.00 bits per heavy atom. The Morgan fingerprint density at radius 1 is 1.53 bits per heavy atom. The second-order valence-electron chi connectivity index (χ2n) is 3.11. The zero-order valence-corrected chi connectivity index (χ0v) is 8.03. The Bertz CT molecular complexity index is 530. The van der Waals surface area contributed by atoms with Crippen LogP contribution in [0, 0.1) is 0 Å². The maximum absolute atomic E-state index is 10.8. The molecule has 1 aromatic heterocycles. The number of benzene rings is 1. The summed E-state index contributed by atoms with van der Waals surface area (Å²) in [6, 6.07) is 5.22. The monoisotopic (exact) mass is 205 g/mol. The van der Waals surface area contributed by atoms with E-state index in [0.717, 1.165) is 6.29 Å². The molecule has 15 heavy (non-hydrogen) atoms. The molecular formula is C10H9N2O3+. The number of fused-ring (bicyclic) bond motifs is 1. The molecule has 0 radical (unpaired) electrons. The van der Waals surface area contributed by atoms with E-state index in [9.17, 15) is 9.59 Å². The number of amides is 1. The first-order valence-electron chi connectivity index (χ1n) is 4.37. The molecule has 76 valence electrons. The highest BCUT2D eigenvalue weighted by molar-refractivity contribution is 5.87. The maximum Gasteiger partial charge on any atom is 0.460 e. The number of H-pyrrole nitrogens is 1. The number of oxazole rings is 1. The number of rotatable bonds is 2. The predicted molar refractivity (Wildman–Crippen MR) is 52.5 cm³/mol. The molecule has 2 rings (SSSR count). The third-order valence-electron chi connectivity index (χ3n) is 1.89. The molecule has 0 aliphatic carbocycles. The Labute approximate surface area is 85.1 Å². The zero-order chi connectivity index (χ0) is 10.8. The minimum absolute atomic E-state index is 0.221. The zero-order valence-electron chi connectivity index (χ0n) is 8.03. The van der Waals surface area contributed by atoms with Crippen molar-refractivity contribution in [3.63, 3.8) is 0 Å². The molecule has 1 amide bonds. The number of hydrogen-bond donors (Lipinski definition) is 1. The van der Waals surface area contributed by atoms with Crippen LogP contribution in [-0.2, 0) is 4.79 Å². The predicted octanol–water partition coefficient (Wildman–Crippen LogP) is 1.02. The fourth-order valence-corrected chi connectivity index (χ4v) is 1.28. The summed E-state index contributed by atoms with van der Waals surface area (Å²) in [4.78, 5) is 24.1. The molecule has 1 aromatic carbocycles. The Balaban J connectivity index is 2.46. The molecule has 5 heteroatoms. The van der Waals surface area contributed by atoms with E-state index in [-0.39, 0.29) is 11.9 Å². The van der Waals surface area contributed by atoms with Gasteiger partial charge in [-0.2, -0.15) is 5.32 Å². The summed E-state index contributed by atoms with van der Waals surface area (Å²) in [5.74, 6) is -0.221. The summed E-state index contributed by atoms with van der Waals surface area (Å²) < 4.78 is 5.27. The van der Waals surface area contributed by atoms with Gasteiger partial charge in [-0.05, 0) is 18.2 Å². The molecule has 0 aliphatic rings. The van der Waals surface area contributed by atoms with Crippen LogP contribution in [0.15, 0.2) is 22.6 Å². The lowest BCUT2D eigenvalue weighted by atomic mass is 10.2. The van der Waals surface area contributed by atoms with E-state index in [1.54, 1.807) is 18.2 Å². The minimum Gasteiger partial charge on any atom is -0.387 e. The number of aldehydes is 1. The molecular weight excluding hydrogens is 196 g/mol. The Kier molecular flexibility index (Phi) is 2.21. The van der Waals surface area contributed by atoms with Crippen LogP contribution in [0.1, 0.15) is 17.3 Å². The Morgan fingerprint density at radius 2 is 2.33 bits per heavy atom. The van der Waals surface area contributed by atoms with E-state index in [1.807, 2.05) is 0 Å². The highest BCUT2D eigenvalue weighted by Gasteiger charge is 2.13. The molecule has 2 aromatic rings. The standard InChI is InChI=1S/C10H8N2O3/c1-6(14)11-10-12-8-4-7(5-13)2-3-9(8)15-10/h2-5H,1H3,(H,11,12,14)/p+1. The lowest BCUT2D eigenvalue weighted by Gasteiger charge is -1.85. The first kappa shape index (κ1) is 9.39. The summed E-state index contributed by atoms with van der Waals surface area (Å²) in [5, 5.41) is 2.48. The van der Waals surface area contributed by atoms with Crippen molar-refractivity contribution in [2.24, 2.45) is 0 Å². The van der Waals surface area contributed by atoms with Crippen molar-refractivity contribution in [3.8, 4) is 0 Å². The van der Waals surface area contributed by atoms with Gasteiger partial charge < -0.3 is 4.42 Å². The van der Waals surface area contributed by atoms with Crippen molar-refractivity contribution in [1.82, 2.24) is 0 Å². The number of hydrogen-bond acceptors (Lipinski definition) is 3.